The molecule has 0 aromatic heterocycles. The van der Waals surface area contributed by atoms with Gasteiger partial charge in [0.25, 0.3) is 5.91 Å². The average molecular weight is 1430 g/mol. The number of carbonyl (C=O) groups excluding carboxylic acids is 12. The second-order valence-corrected chi connectivity index (χ2v) is 30.9. The van der Waals surface area contributed by atoms with Crippen LogP contribution in [-0.4, -0.2) is 265 Å². The van der Waals surface area contributed by atoms with E-state index in [0.717, 1.165) is 44.0 Å². The monoisotopic (exact) mass is 1430 g/mol. The van der Waals surface area contributed by atoms with Crippen LogP contribution in [0.4, 0.5) is 0 Å². The molecule has 3 aliphatic rings. The summed E-state index contributed by atoms with van der Waals surface area (Å²) < 4.78 is 17.0. The minimum atomic E-state index is -1.31. The van der Waals surface area contributed by atoms with E-state index in [1.807, 2.05) is 48.5 Å². The van der Waals surface area contributed by atoms with Crippen LogP contribution in [0.3, 0.4) is 0 Å². The maximum absolute atomic E-state index is 15.4. The van der Waals surface area contributed by atoms with Crippen LogP contribution >= 0.6 is 0 Å². The summed E-state index contributed by atoms with van der Waals surface area (Å²) >= 11 is 0. The minimum Gasteiger partial charge on any atom is -0.466 e. The molecule has 2 N–H and O–H groups in total. The molecule has 0 bridgehead atoms. The molecule has 0 aliphatic carbocycles. The lowest BCUT2D eigenvalue weighted by molar-refractivity contribution is -0.322. The lowest BCUT2D eigenvalue weighted by Gasteiger charge is -2.50. The normalized spacial score (nSPS) is 27.5. The summed E-state index contributed by atoms with van der Waals surface area (Å²) in [6.07, 6.45) is 3.25. The molecule has 0 spiro atoms. The molecule has 3 aliphatic heterocycles. The van der Waals surface area contributed by atoms with Gasteiger partial charge in [0.2, 0.25) is 47.3 Å². The fraction of sp³-hybridized carbons (Fsp3) is 0.840. The Morgan fingerprint density at radius 1 is 0.535 bits per heavy atom. The average Bonchev–Trinajstić information content (AvgIpc) is 0.754. The number of carbonyl (C=O) groups is 12. The summed E-state index contributed by atoms with van der Waals surface area (Å²) in [6, 6.07) is -10.8. The molecule has 0 unspecified atom stereocenters. The zero-order valence-corrected chi connectivity index (χ0v) is 65.9. The third kappa shape index (κ3) is 25.6. The molecular formula is C75H132N10O16. The van der Waals surface area contributed by atoms with Gasteiger partial charge in [-0.3, -0.25) is 67.3 Å². The third-order valence-corrected chi connectivity index (χ3v) is 20.5. The number of nitrogens with zero attached hydrogens (tertiary/aromatic N) is 8. The van der Waals surface area contributed by atoms with E-state index in [-0.39, 0.29) is 81.2 Å². The Bertz CT molecular complexity index is 2740. The van der Waals surface area contributed by atoms with E-state index < -0.39 is 155 Å². The highest BCUT2D eigenvalue weighted by molar-refractivity contribution is 6.00. The van der Waals surface area contributed by atoms with E-state index in [1.54, 1.807) is 55.4 Å². The number of hydrogen-bond donors (Lipinski definition) is 2. The van der Waals surface area contributed by atoms with Gasteiger partial charge in [-0.2, -0.15) is 0 Å². The fourth-order valence-electron chi connectivity index (χ4n) is 14.0. The number of fused-ring (bicyclic) bond motifs is 1. The van der Waals surface area contributed by atoms with Crippen molar-refractivity contribution in [2.75, 3.05) is 88.3 Å². The summed E-state index contributed by atoms with van der Waals surface area (Å²) in [4.78, 5) is 193. The van der Waals surface area contributed by atoms with E-state index in [4.69, 9.17) is 19.0 Å². The van der Waals surface area contributed by atoms with Gasteiger partial charge in [-0.15, -0.1) is 0 Å². The number of unbranched alkanes of at least 4 members (excludes halogenated alkanes) is 4. The quantitative estimate of drug-likeness (QED) is 0.0721. The molecule has 14 atom stereocenters. The first-order valence-corrected chi connectivity index (χ1v) is 37.6. The number of hydroxylamine groups is 2. The van der Waals surface area contributed by atoms with Gasteiger partial charge in [-0.1, -0.05) is 109 Å². The number of nitrogens with one attached hydrogen (secondary N) is 2. The molecular weight excluding hydrogens is 1300 g/mol. The second kappa shape index (κ2) is 42.6. The largest absolute Gasteiger partial charge is 0.466 e. The Kier molecular flexibility index (Phi) is 37.6. The van der Waals surface area contributed by atoms with Crippen molar-refractivity contribution >= 4 is 70.7 Å². The SMILES string of the molecule is CCOC(=O)CCCCCC[C@@H](C)[C@H]1ON2C(=O)[C@H](C(C)C)N(C)C(=O)[C@H](CC(C)C)N(C)C(=O)[C@H](CC(C)C)N(C)C(=O)[C@@H](C)NC(=O)[C@H](C)CC(=O)[C@H](CC(C)C)N(C)C(=O)[C@H](C(C)C)CC(=O)[C@H]([C@@H](C)OCCCCN3CCOCC3)N(C)C(=O)[C@@H](C)N(C)C(=O)[C@H](CC)NC(=O)[C@H]12. The highest BCUT2D eigenvalue weighted by Crippen LogP contribution is 2.35. The molecule has 3 saturated heterocycles. The molecule has 0 saturated carbocycles. The first-order chi connectivity index (χ1) is 47.3. The number of rotatable bonds is 25. The van der Waals surface area contributed by atoms with Crippen molar-refractivity contribution in [1.29, 1.82) is 0 Å². The van der Waals surface area contributed by atoms with Crippen LogP contribution in [0.2, 0.25) is 0 Å². The van der Waals surface area contributed by atoms with Crippen molar-refractivity contribution in [2.45, 2.75) is 274 Å². The van der Waals surface area contributed by atoms with Crippen molar-refractivity contribution < 1.29 is 76.6 Å². The molecule has 26 nitrogen and oxygen atoms in total. The minimum absolute atomic E-state index is 0.0454. The molecule has 101 heavy (non-hydrogen) atoms. The highest BCUT2D eigenvalue weighted by atomic mass is 16.7. The van der Waals surface area contributed by atoms with E-state index in [0.29, 0.717) is 45.5 Å². The smallest absolute Gasteiger partial charge is 0.305 e. The van der Waals surface area contributed by atoms with Gasteiger partial charge in [0.05, 0.1) is 32.0 Å². The van der Waals surface area contributed by atoms with Crippen LogP contribution in [0.15, 0.2) is 0 Å². The molecule has 3 rings (SSSR count). The second-order valence-electron chi connectivity index (χ2n) is 30.9. The number of hydrogen-bond acceptors (Lipinski definition) is 17. The maximum Gasteiger partial charge on any atom is 0.305 e. The van der Waals surface area contributed by atoms with Crippen molar-refractivity contribution in [3.05, 3.63) is 0 Å². The van der Waals surface area contributed by atoms with Crippen LogP contribution in [0, 0.1) is 47.3 Å². The Balaban J connectivity index is 2.28. The molecule has 9 amide bonds. The van der Waals surface area contributed by atoms with Crippen molar-refractivity contribution in [3.63, 3.8) is 0 Å². The lowest BCUT2D eigenvalue weighted by atomic mass is 9.85. The zero-order chi connectivity index (χ0) is 76.6. The predicted molar refractivity (Wildman–Crippen MR) is 386 cm³/mol. The maximum atomic E-state index is 15.4. The predicted octanol–water partition coefficient (Wildman–Crippen LogP) is 6.57. The molecule has 26 heteroatoms. The molecule has 3 heterocycles. The number of likely N-dealkylation sites (N-methyl/N-ethyl adjacent to an activating group) is 6. The van der Waals surface area contributed by atoms with Gasteiger partial charge < -0.3 is 54.2 Å². The Hall–Kier alpha value is -6.12. The number of ether oxygens (including phenoxy) is 3. The van der Waals surface area contributed by atoms with Gasteiger partial charge in [0.1, 0.15) is 48.4 Å². The van der Waals surface area contributed by atoms with Gasteiger partial charge in [-0.05, 0) is 121 Å². The highest BCUT2D eigenvalue weighted by Gasteiger charge is 2.55. The molecule has 0 aromatic carbocycles. The Morgan fingerprint density at radius 2 is 1.07 bits per heavy atom. The van der Waals surface area contributed by atoms with Crippen molar-refractivity contribution in [1.82, 2.24) is 50.0 Å². The van der Waals surface area contributed by atoms with Crippen molar-refractivity contribution in [2.24, 2.45) is 47.3 Å². The van der Waals surface area contributed by atoms with Crippen LogP contribution in [0.5, 0.6) is 0 Å². The first-order valence-electron chi connectivity index (χ1n) is 37.6. The van der Waals surface area contributed by atoms with Crippen LogP contribution in [0.1, 0.15) is 208 Å². The first kappa shape index (κ1) is 89.1. The zero-order valence-electron chi connectivity index (χ0n) is 65.9. The van der Waals surface area contributed by atoms with Gasteiger partial charge in [0.15, 0.2) is 17.6 Å². The lowest BCUT2D eigenvalue weighted by Crippen LogP contribution is -2.72. The summed E-state index contributed by atoms with van der Waals surface area (Å²) in [5.74, 6) is -10.5. The fourth-order valence-corrected chi connectivity index (χ4v) is 14.0. The topological polar surface area (TPSA) is 292 Å². The molecule has 0 radical (unpaired) electrons. The molecule has 0 aromatic rings. The standard InChI is InChI=1S/C75H132N10O16/c1-24-56-72(94)78(18)53(16)70(92)83(23)64(54(17)100-37-31-30-34-84-35-38-98-39-36-84)61(87)44-55(48(9)10)71(93)79(19)57(40-45(3)4)60(86)43-51(14)67(89)76-52(15)69(91)80(20)58(41-46(5)6)73(95)81(21)59(42-47(7)8)74(96)82(22)63(49(11)12)75(97)85-65(68(90)77-56)66(101-85)50(13)32-28-26-27-29-33-62(88)99-25-2/h45-59,63-66H,24-44H2,1-23H3,(H,76,89)(H,77,90)/t50-,51-,52-,53-,54-,55+,56+,57+,58+,59+,63+,64+,65+,66-/m1/s1. The van der Waals surface area contributed by atoms with E-state index >= 15 is 33.6 Å². The number of morpholine rings is 1. The van der Waals surface area contributed by atoms with Gasteiger partial charge in [0, 0.05) is 93.1 Å². The number of esters is 1. The van der Waals surface area contributed by atoms with Gasteiger partial charge >= 0.3 is 5.97 Å². The summed E-state index contributed by atoms with van der Waals surface area (Å²) in [7, 11) is 8.82. The van der Waals surface area contributed by atoms with Gasteiger partial charge in [-0.25, -0.2) is 5.06 Å². The Labute approximate surface area is 604 Å². The Morgan fingerprint density at radius 3 is 1.61 bits per heavy atom. The number of Topliss-reactive ketones (excluding diaryl/α,β-unsaturated/α-hetero) is 2. The van der Waals surface area contributed by atoms with Crippen LogP contribution in [0.25, 0.3) is 0 Å². The summed E-state index contributed by atoms with van der Waals surface area (Å²) in [5.41, 5.74) is 0. The summed E-state index contributed by atoms with van der Waals surface area (Å²) in [5, 5.41) is 6.64. The third-order valence-electron chi connectivity index (χ3n) is 20.5. The summed E-state index contributed by atoms with van der Waals surface area (Å²) in [6.45, 7) is 34.4. The molecule has 3 fully saturated rings. The van der Waals surface area contributed by atoms with E-state index in [9.17, 15) is 24.0 Å². The number of ketones is 2. The molecule has 578 valence electrons. The number of amides is 9. The van der Waals surface area contributed by atoms with E-state index in [2.05, 4.69) is 15.5 Å². The van der Waals surface area contributed by atoms with Crippen LogP contribution in [-0.2, 0) is 76.6 Å². The van der Waals surface area contributed by atoms with E-state index in [1.165, 1.54) is 85.5 Å². The van der Waals surface area contributed by atoms with Crippen molar-refractivity contribution in [3.8, 4) is 0 Å². The van der Waals surface area contributed by atoms with Crippen LogP contribution < -0.4 is 10.6 Å².